The molecule has 2 aromatic rings. The standard InChI is InChI=1S/C21H25N3O4/c1-14-6-5-7-17(15(14)2)23-20(25)10-11-21(26)24-22-13-16-8-9-18(27-3)19(12-16)28-4/h5-9,12-13H,10-11H2,1-4H3,(H,23,25)(H,24,26)/b22-13-. The minimum atomic E-state index is -0.340. The van der Waals surface area contributed by atoms with Crippen molar-refractivity contribution in [2.45, 2.75) is 26.7 Å². The van der Waals surface area contributed by atoms with Crippen LogP contribution in [-0.4, -0.2) is 32.2 Å². The van der Waals surface area contributed by atoms with Gasteiger partial charge in [0.25, 0.3) is 0 Å². The number of nitrogens with zero attached hydrogens (tertiary/aromatic N) is 1. The Balaban J connectivity index is 1.81. The maximum absolute atomic E-state index is 12.1. The molecule has 0 fully saturated rings. The molecular formula is C21H25N3O4. The highest BCUT2D eigenvalue weighted by atomic mass is 16.5. The molecule has 2 aromatic carbocycles. The van der Waals surface area contributed by atoms with E-state index in [9.17, 15) is 9.59 Å². The summed E-state index contributed by atoms with van der Waals surface area (Å²) in [6.07, 6.45) is 1.61. The highest BCUT2D eigenvalue weighted by Crippen LogP contribution is 2.26. The topological polar surface area (TPSA) is 89.0 Å². The predicted octanol–water partition coefficient (Wildman–Crippen LogP) is 3.19. The molecule has 0 radical (unpaired) electrons. The SMILES string of the molecule is COc1ccc(/C=N\NC(=O)CCC(=O)Nc2cccc(C)c2C)cc1OC. The summed E-state index contributed by atoms with van der Waals surface area (Å²) in [6.45, 7) is 3.93. The number of nitrogens with one attached hydrogen (secondary N) is 2. The zero-order valence-corrected chi connectivity index (χ0v) is 16.5. The van der Waals surface area contributed by atoms with E-state index < -0.39 is 0 Å². The van der Waals surface area contributed by atoms with Crippen LogP contribution in [0.25, 0.3) is 0 Å². The zero-order valence-electron chi connectivity index (χ0n) is 16.5. The van der Waals surface area contributed by atoms with Crippen LogP contribution >= 0.6 is 0 Å². The lowest BCUT2D eigenvalue weighted by molar-refractivity contribution is -0.124. The molecule has 0 atom stereocenters. The second-order valence-electron chi connectivity index (χ2n) is 6.20. The Bertz CT molecular complexity index is 878. The molecule has 2 amide bonds. The van der Waals surface area contributed by atoms with E-state index in [1.54, 1.807) is 32.4 Å². The molecule has 0 saturated carbocycles. The third kappa shape index (κ3) is 5.84. The van der Waals surface area contributed by atoms with Gasteiger partial charge >= 0.3 is 0 Å². The van der Waals surface area contributed by atoms with E-state index >= 15 is 0 Å². The van der Waals surface area contributed by atoms with Crippen molar-refractivity contribution in [2.24, 2.45) is 5.10 Å². The average Bonchev–Trinajstić information content (AvgIpc) is 2.69. The van der Waals surface area contributed by atoms with Crippen molar-refractivity contribution >= 4 is 23.7 Å². The molecule has 7 heteroatoms. The van der Waals surface area contributed by atoms with Crippen molar-refractivity contribution in [3.63, 3.8) is 0 Å². The molecule has 0 aliphatic heterocycles. The van der Waals surface area contributed by atoms with Gasteiger partial charge in [0.2, 0.25) is 11.8 Å². The number of hydrazone groups is 1. The molecule has 0 saturated heterocycles. The van der Waals surface area contributed by atoms with Gasteiger partial charge in [-0.05, 0) is 54.8 Å². The highest BCUT2D eigenvalue weighted by Gasteiger charge is 2.09. The van der Waals surface area contributed by atoms with Crippen LogP contribution in [0.15, 0.2) is 41.5 Å². The Hall–Kier alpha value is -3.35. The van der Waals surface area contributed by atoms with Gasteiger partial charge in [-0.1, -0.05) is 12.1 Å². The number of carbonyl (C=O) groups is 2. The van der Waals surface area contributed by atoms with Crippen LogP contribution in [0.1, 0.15) is 29.5 Å². The molecule has 2 rings (SSSR count). The van der Waals surface area contributed by atoms with E-state index in [1.165, 1.54) is 6.21 Å². The number of anilines is 1. The van der Waals surface area contributed by atoms with E-state index in [0.717, 1.165) is 22.4 Å². The van der Waals surface area contributed by atoms with Gasteiger partial charge in [-0.3, -0.25) is 9.59 Å². The van der Waals surface area contributed by atoms with Crippen LogP contribution in [0.5, 0.6) is 11.5 Å². The van der Waals surface area contributed by atoms with E-state index in [2.05, 4.69) is 15.8 Å². The number of hydrogen-bond acceptors (Lipinski definition) is 5. The van der Waals surface area contributed by atoms with Gasteiger partial charge in [-0.2, -0.15) is 5.10 Å². The monoisotopic (exact) mass is 383 g/mol. The molecule has 0 spiro atoms. The number of ether oxygens (including phenoxy) is 2. The van der Waals surface area contributed by atoms with Crippen LogP contribution in [-0.2, 0) is 9.59 Å². The third-order valence-corrected chi connectivity index (χ3v) is 4.27. The van der Waals surface area contributed by atoms with E-state index in [-0.39, 0.29) is 24.7 Å². The number of rotatable bonds is 8. The number of methoxy groups -OCH3 is 2. The Kier molecular flexibility index (Phi) is 7.56. The molecular weight excluding hydrogens is 358 g/mol. The van der Waals surface area contributed by atoms with Crippen molar-refractivity contribution < 1.29 is 19.1 Å². The van der Waals surface area contributed by atoms with Crippen LogP contribution < -0.4 is 20.2 Å². The molecule has 148 valence electrons. The Labute approximate surface area is 164 Å². The fourth-order valence-corrected chi connectivity index (χ4v) is 2.49. The van der Waals surface area contributed by atoms with Gasteiger partial charge in [0, 0.05) is 18.5 Å². The summed E-state index contributed by atoms with van der Waals surface area (Å²) in [7, 11) is 3.10. The van der Waals surface area contributed by atoms with Gasteiger partial charge in [0.15, 0.2) is 11.5 Å². The Morgan fingerprint density at radius 1 is 1.00 bits per heavy atom. The lowest BCUT2D eigenvalue weighted by atomic mass is 10.1. The van der Waals surface area contributed by atoms with Crippen LogP contribution in [0.3, 0.4) is 0 Å². The van der Waals surface area contributed by atoms with Gasteiger partial charge in [0.1, 0.15) is 0 Å². The molecule has 7 nitrogen and oxygen atoms in total. The number of benzene rings is 2. The molecule has 0 aliphatic carbocycles. The number of aryl methyl sites for hydroxylation is 1. The number of hydrogen-bond donors (Lipinski definition) is 2. The second kappa shape index (κ2) is 10.1. The zero-order chi connectivity index (χ0) is 20.5. The predicted molar refractivity (Wildman–Crippen MR) is 109 cm³/mol. The third-order valence-electron chi connectivity index (χ3n) is 4.27. The minimum Gasteiger partial charge on any atom is -0.493 e. The van der Waals surface area contributed by atoms with Crippen molar-refractivity contribution in [3.8, 4) is 11.5 Å². The smallest absolute Gasteiger partial charge is 0.240 e. The van der Waals surface area contributed by atoms with Crippen LogP contribution in [0.2, 0.25) is 0 Å². The minimum absolute atomic E-state index is 0.0416. The first-order valence-electron chi connectivity index (χ1n) is 8.84. The first-order valence-corrected chi connectivity index (χ1v) is 8.84. The second-order valence-corrected chi connectivity index (χ2v) is 6.20. The molecule has 28 heavy (non-hydrogen) atoms. The lowest BCUT2D eigenvalue weighted by Crippen LogP contribution is -2.21. The largest absolute Gasteiger partial charge is 0.493 e. The fourth-order valence-electron chi connectivity index (χ4n) is 2.49. The molecule has 0 aliphatic rings. The Morgan fingerprint density at radius 2 is 1.71 bits per heavy atom. The van der Waals surface area contributed by atoms with Gasteiger partial charge < -0.3 is 14.8 Å². The first kappa shape index (κ1) is 21.0. The van der Waals surface area contributed by atoms with Crippen molar-refractivity contribution in [1.82, 2.24) is 5.43 Å². The van der Waals surface area contributed by atoms with Crippen molar-refractivity contribution in [3.05, 3.63) is 53.1 Å². The van der Waals surface area contributed by atoms with Gasteiger partial charge in [0.05, 0.1) is 20.4 Å². The van der Waals surface area contributed by atoms with E-state index in [1.807, 2.05) is 32.0 Å². The maximum Gasteiger partial charge on any atom is 0.240 e. The van der Waals surface area contributed by atoms with E-state index in [4.69, 9.17) is 9.47 Å². The van der Waals surface area contributed by atoms with Crippen LogP contribution in [0, 0.1) is 13.8 Å². The summed E-state index contributed by atoms with van der Waals surface area (Å²) < 4.78 is 10.4. The summed E-state index contributed by atoms with van der Waals surface area (Å²) in [5, 5.41) is 6.74. The summed E-state index contributed by atoms with van der Waals surface area (Å²) in [5.41, 5.74) is 6.03. The molecule has 0 aromatic heterocycles. The highest BCUT2D eigenvalue weighted by molar-refractivity contribution is 5.94. The summed E-state index contributed by atoms with van der Waals surface area (Å²) in [4.78, 5) is 23.9. The van der Waals surface area contributed by atoms with Crippen LogP contribution in [0.4, 0.5) is 5.69 Å². The molecule has 2 N–H and O–H groups in total. The molecule has 0 bridgehead atoms. The van der Waals surface area contributed by atoms with Gasteiger partial charge in [-0.15, -0.1) is 0 Å². The lowest BCUT2D eigenvalue weighted by Gasteiger charge is -2.10. The van der Waals surface area contributed by atoms with E-state index in [0.29, 0.717) is 11.5 Å². The van der Waals surface area contributed by atoms with Gasteiger partial charge in [-0.25, -0.2) is 5.43 Å². The normalized spacial score (nSPS) is 10.6. The molecule has 0 heterocycles. The van der Waals surface area contributed by atoms with Crippen molar-refractivity contribution in [2.75, 3.05) is 19.5 Å². The first-order chi connectivity index (χ1) is 13.4. The quantitative estimate of drug-likeness (QED) is 0.541. The summed E-state index contributed by atoms with van der Waals surface area (Å²) in [6, 6.07) is 11.0. The summed E-state index contributed by atoms with van der Waals surface area (Å²) >= 11 is 0. The fraction of sp³-hybridized carbons (Fsp3) is 0.286. The average molecular weight is 383 g/mol. The number of amides is 2. The van der Waals surface area contributed by atoms with Crippen molar-refractivity contribution in [1.29, 1.82) is 0 Å². The maximum atomic E-state index is 12.1. The number of carbonyl (C=O) groups excluding carboxylic acids is 2. The molecule has 0 unspecified atom stereocenters. The Morgan fingerprint density at radius 3 is 2.43 bits per heavy atom. The summed E-state index contributed by atoms with van der Waals surface area (Å²) in [5.74, 6) is 0.625.